The minimum atomic E-state index is -0.249. The van der Waals surface area contributed by atoms with Crippen LogP contribution in [-0.4, -0.2) is 59.3 Å². The Hall–Kier alpha value is -2.73. The molecule has 3 heterocycles. The van der Waals surface area contributed by atoms with Crippen LogP contribution >= 0.6 is 0 Å². The third-order valence-electron chi connectivity index (χ3n) is 6.13. The zero-order valence-electron chi connectivity index (χ0n) is 17.9. The summed E-state index contributed by atoms with van der Waals surface area (Å²) in [6.07, 6.45) is 3.07. The number of carbonyl (C=O) groups is 2. The third kappa shape index (κ3) is 4.54. The molecule has 1 aromatic heterocycles. The first kappa shape index (κ1) is 20.5. The zero-order valence-corrected chi connectivity index (χ0v) is 17.9. The number of aryl methyl sites for hydroxylation is 2. The monoisotopic (exact) mass is 406 g/mol. The Morgan fingerprint density at radius 1 is 1.10 bits per heavy atom. The lowest BCUT2D eigenvalue weighted by Gasteiger charge is -2.25. The highest BCUT2D eigenvalue weighted by Gasteiger charge is 2.38. The molecule has 6 nitrogen and oxygen atoms in total. The summed E-state index contributed by atoms with van der Waals surface area (Å²) in [7, 11) is 0. The van der Waals surface area contributed by atoms with Gasteiger partial charge in [-0.25, -0.2) is 0 Å². The predicted molar refractivity (Wildman–Crippen MR) is 117 cm³/mol. The average molecular weight is 407 g/mol. The number of amides is 2. The molecule has 0 aliphatic carbocycles. The summed E-state index contributed by atoms with van der Waals surface area (Å²) in [6.45, 7) is 8.62. The molecule has 158 valence electrons. The van der Waals surface area contributed by atoms with Crippen molar-refractivity contribution in [3.63, 3.8) is 0 Å². The number of hydrogen-bond donors (Lipinski definition) is 0. The molecular weight excluding hydrogens is 376 g/mol. The van der Waals surface area contributed by atoms with Crippen molar-refractivity contribution in [2.24, 2.45) is 5.92 Å². The Morgan fingerprint density at radius 2 is 1.97 bits per heavy atom. The Bertz CT molecular complexity index is 915. The van der Waals surface area contributed by atoms with Crippen LogP contribution in [0.4, 0.5) is 5.69 Å². The first-order valence-electron chi connectivity index (χ1n) is 10.8. The minimum absolute atomic E-state index is 0.0481. The number of nitrogens with zero attached hydrogens (tertiary/aromatic N) is 4. The Balaban J connectivity index is 1.37. The zero-order chi connectivity index (χ0) is 21.1. The molecule has 2 aromatic rings. The molecule has 0 saturated carbocycles. The van der Waals surface area contributed by atoms with Gasteiger partial charge < -0.3 is 9.80 Å². The van der Waals surface area contributed by atoms with Gasteiger partial charge in [0.25, 0.3) is 0 Å². The van der Waals surface area contributed by atoms with Gasteiger partial charge in [-0.3, -0.25) is 19.5 Å². The van der Waals surface area contributed by atoms with Gasteiger partial charge in [0, 0.05) is 57.6 Å². The van der Waals surface area contributed by atoms with Crippen LogP contribution in [0.25, 0.3) is 0 Å². The lowest BCUT2D eigenvalue weighted by Crippen LogP contribution is -2.40. The van der Waals surface area contributed by atoms with E-state index in [9.17, 15) is 9.59 Å². The van der Waals surface area contributed by atoms with E-state index in [0.717, 1.165) is 49.5 Å². The molecule has 0 bridgehead atoms. The summed E-state index contributed by atoms with van der Waals surface area (Å²) in [6, 6.07) is 12.1. The molecule has 2 aliphatic rings. The van der Waals surface area contributed by atoms with E-state index in [2.05, 4.69) is 16.0 Å². The van der Waals surface area contributed by atoms with Crippen LogP contribution in [0, 0.1) is 19.8 Å². The first-order valence-corrected chi connectivity index (χ1v) is 10.8. The van der Waals surface area contributed by atoms with Gasteiger partial charge in [0.15, 0.2) is 0 Å². The number of hydrogen-bond acceptors (Lipinski definition) is 4. The summed E-state index contributed by atoms with van der Waals surface area (Å²) in [5.74, 6) is -0.0808. The molecule has 2 saturated heterocycles. The quantitative estimate of drug-likeness (QED) is 0.784. The van der Waals surface area contributed by atoms with Crippen LogP contribution in [0.5, 0.6) is 0 Å². The first-order chi connectivity index (χ1) is 14.5. The molecule has 0 N–H and O–H groups in total. The number of benzene rings is 1. The summed E-state index contributed by atoms with van der Waals surface area (Å²) in [5.41, 5.74) is 4.24. The van der Waals surface area contributed by atoms with Crippen LogP contribution in [-0.2, 0) is 16.1 Å². The second-order valence-electron chi connectivity index (χ2n) is 8.47. The van der Waals surface area contributed by atoms with Gasteiger partial charge in [0.05, 0.1) is 11.6 Å². The number of aromatic nitrogens is 1. The maximum absolute atomic E-state index is 13.2. The number of pyridine rings is 1. The molecule has 30 heavy (non-hydrogen) atoms. The van der Waals surface area contributed by atoms with Crippen molar-refractivity contribution < 1.29 is 9.59 Å². The Morgan fingerprint density at radius 3 is 2.73 bits per heavy atom. The van der Waals surface area contributed by atoms with E-state index in [4.69, 9.17) is 0 Å². The second-order valence-corrected chi connectivity index (χ2v) is 8.47. The molecule has 1 unspecified atom stereocenters. The Labute approximate surface area is 178 Å². The maximum atomic E-state index is 13.2. The minimum Gasteiger partial charge on any atom is -0.341 e. The molecule has 2 aliphatic heterocycles. The smallest absolute Gasteiger partial charge is 0.228 e. The molecule has 0 spiro atoms. The highest BCUT2D eigenvalue weighted by molar-refractivity contribution is 6.00. The molecule has 0 radical (unpaired) electrons. The van der Waals surface area contributed by atoms with E-state index >= 15 is 0 Å². The predicted octanol–water partition coefficient (Wildman–Crippen LogP) is 2.79. The largest absolute Gasteiger partial charge is 0.341 e. The summed E-state index contributed by atoms with van der Waals surface area (Å²) >= 11 is 0. The standard InChI is InChI=1S/C24H30N4O2/c1-18-7-8-22(19(2)14-18)28-16-20(15-23(28)29)24(30)27-11-5-10-26(12-13-27)17-21-6-3-4-9-25-21/h3-4,6-9,14,20H,5,10-13,15-17H2,1-2H3. The fourth-order valence-electron chi connectivity index (χ4n) is 4.54. The van der Waals surface area contributed by atoms with E-state index < -0.39 is 0 Å². The van der Waals surface area contributed by atoms with Gasteiger partial charge in [-0.05, 0) is 44.0 Å². The van der Waals surface area contributed by atoms with Crippen LogP contribution in [0.2, 0.25) is 0 Å². The van der Waals surface area contributed by atoms with Gasteiger partial charge in [-0.2, -0.15) is 0 Å². The molecule has 2 fully saturated rings. The highest BCUT2D eigenvalue weighted by atomic mass is 16.2. The molecule has 1 aromatic carbocycles. The van der Waals surface area contributed by atoms with Crippen LogP contribution in [0.1, 0.15) is 29.7 Å². The van der Waals surface area contributed by atoms with Crippen molar-refractivity contribution in [3.8, 4) is 0 Å². The number of rotatable bonds is 4. The SMILES string of the molecule is Cc1ccc(N2CC(C(=O)N3CCCN(Cc4ccccn4)CC3)CC2=O)c(C)c1. The van der Waals surface area contributed by atoms with Gasteiger partial charge in [-0.1, -0.05) is 23.8 Å². The van der Waals surface area contributed by atoms with Crippen LogP contribution < -0.4 is 4.90 Å². The van der Waals surface area contributed by atoms with Crippen molar-refractivity contribution >= 4 is 17.5 Å². The van der Waals surface area contributed by atoms with E-state index in [1.165, 1.54) is 5.56 Å². The molecule has 4 rings (SSSR count). The lowest BCUT2D eigenvalue weighted by molar-refractivity contribution is -0.135. The highest BCUT2D eigenvalue weighted by Crippen LogP contribution is 2.29. The van der Waals surface area contributed by atoms with Gasteiger partial charge in [-0.15, -0.1) is 0 Å². The summed E-state index contributed by atoms with van der Waals surface area (Å²) in [4.78, 5) is 36.4. The van der Waals surface area contributed by atoms with E-state index in [-0.39, 0.29) is 17.7 Å². The number of carbonyl (C=O) groups excluding carboxylic acids is 2. The van der Waals surface area contributed by atoms with Gasteiger partial charge in [0.2, 0.25) is 11.8 Å². The molecule has 2 amide bonds. The molecular formula is C24H30N4O2. The van der Waals surface area contributed by atoms with Crippen molar-refractivity contribution in [1.29, 1.82) is 0 Å². The summed E-state index contributed by atoms with van der Waals surface area (Å²) in [5, 5.41) is 0. The van der Waals surface area contributed by atoms with Crippen molar-refractivity contribution in [1.82, 2.24) is 14.8 Å². The van der Waals surface area contributed by atoms with E-state index in [1.54, 1.807) is 4.90 Å². The average Bonchev–Trinajstić information content (AvgIpc) is 2.96. The Kier molecular flexibility index (Phi) is 6.13. The van der Waals surface area contributed by atoms with Crippen LogP contribution in [0.3, 0.4) is 0 Å². The van der Waals surface area contributed by atoms with Crippen LogP contribution in [0.15, 0.2) is 42.6 Å². The van der Waals surface area contributed by atoms with Crippen molar-refractivity contribution in [2.45, 2.75) is 33.2 Å². The third-order valence-corrected chi connectivity index (χ3v) is 6.13. The molecule has 6 heteroatoms. The fraction of sp³-hybridized carbons (Fsp3) is 0.458. The number of anilines is 1. The normalized spacial score (nSPS) is 20.5. The van der Waals surface area contributed by atoms with E-state index in [0.29, 0.717) is 19.5 Å². The van der Waals surface area contributed by atoms with Crippen molar-refractivity contribution in [2.75, 3.05) is 37.6 Å². The molecule has 1 atom stereocenters. The maximum Gasteiger partial charge on any atom is 0.228 e. The topological polar surface area (TPSA) is 56.8 Å². The fourth-order valence-corrected chi connectivity index (χ4v) is 4.54. The van der Waals surface area contributed by atoms with Crippen molar-refractivity contribution in [3.05, 3.63) is 59.4 Å². The van der Waals surface area contributed by atoms with E-state index in [1.807, 2.05) is 55.3 Å². The summed E-state index contributed by atoms with van der Waals surface area (Å²) < 4.78 is 0. The lowest BCUT2D eigenvalue weighted by atomic mass is 10.1. The second kappa shape index (κ2) is 8.96. The van der Waals surface area contributed by atoms with Gasteiger partial charge >= 0.3 is 0 Å². The van der Waals surface area contributed by atoms with Gasteiger partial charge in [0.1, 0.15) is 0 Å².